The van der Waals surface area contributed by atoms with E-state index in [9.17, 15) is 9.18 Å². The van der Waals surface area contributed by atoms with E-state index in [1.807, 2.05) is 12.1 Å². The molecule has 1 N–H and O–H groups in total. The Labute approximate surface area is 180 Å². The van der Waals surface area contributed by atoms with Gasteiger partial charge >= 0.3 is 0 Å². The summed E-state index contributed by atoms with van der Waals surface area (Å²) in [7, 11) is 3.17. The Bertz CT molecular complexity index is 1170. The highest BCUT2D eigenvalue weighted by Crippen LogP contribution is 2.45. The fourth-order valence-electron chi connectivity index (χ4n) is 4.68. The third-order valence-corrected chi connectivity index (χ3v) is 6.20. The van der Waals surface area contributed by atoms with E-state index in [2.05, 4.69) is 10.4 Å². The number of hydrogen-bond donors (Lipinski definition) is 1. The Kier molecular flexibility index (Phi) is 4.88. The molecule has 3 aromatic rings. The topological polar surface area (TPSA) is 65.4 Å². The zero-order valence-corrected chi connectivity index (χ0v) is 17.6. The molecule has 0 bridgehead atoms. The number of carbonyl (C=O) groups is 1. The maximum Gasteiger partial charge on any atom is 0.272 e. The van der Waals surface area contributed by atoms with Crippen LogP contribution in [0.15, 0.2) is 36.4 Å². The van der Waals surface area contributed by atoms with E-state index >= 15 is 0 Å². The Morgan fingerprint density at radius 1 is 1.13 bits per heavy atom. The van der Waals surface area contributed by atoms with Crippen molar-refractivity contribution in [2.75, 3.05) is 14.2 Å². The highest BCUT2D eigenvalue weighted by Gasteiger charge is 2.33. The van der Waals surface area contributed by atoms with E-state index in [0.29, 0.717) is 29.3 Å². The van der Waals surface area contributed by atoms with Crippen molar-refractivity contribution >= 4 is 5.91 Å². The first kappa shape index (κ1) is 19.6. The molecule has 0 radical (unpaired) electrons. The van der Waals surface area contributed by atoms with Gasteiger partial charge in [0.1, 0.15) is 11.5 Å². The van der Waals surface area contributed by atoms with Crippen molar-refractivity contribution in [3.63, 3.8) is 0 Å². The SMILES string of the molecule is COc1cc2c(cc1OC)-c1c(c(C(=O)NC3CCCC3)nn1-c1ccccc1F)C2. The molecule has 2 aliphatic carbocycles. The Morgan fingerprint density at radius 3 is 2.55 bits per heavy atom. The molecule has 31 heavy (non-hydrogen) atoms. The smallest absolute Gasteiger partial charge is 0.272 e. The van der Waals surface area contributed by atoms with Crippen molar-refractivity contribution in [1.82, 2.24) is 15.1 Å². The van der Waals surface area contributed by atoms with Crippen LogP contribution in [-0.4, -0.2) is 35.9 Å². The van der Waals surface area contributed by atoms with Gasteiger partial charge in [-0.25, -0.2) is 9.07 Å². The molecule has 1 saturated carbocycles. The summed E-state index contributed by atoms with van der Waals surface area (Å²) in [5.41, 5.74) is 4.02. The summed E-state index contributed by atoms with van der Waals surface area (Å²) in [5.74, 6) is 0.593. The summed E-state index contributed by atoms with van der Waals surface area (Å²) in [6.45, 7) is 0. The van der Waals surface area contributed by atoms with Crippen LogP contribution < -0.4 is 14.8 Å². The number of nitrogens with zero attached hydrogens (tertiary/aromatic N) is 2. The van der Waals surface area contributed by atoms with Gasteiger partial charge in [0.2, 0.25) is 0 Å². The summed E-state index contributed by atoms with van der Waals surface area (Å²) in [6, 6.07) is 10.4. The molecule has 1 fully saturated rings. The van der Waals surface area contributed by atoms with E-state index in [1.165, 1.54) is 6.07 Å². The molecule has 0 unspecified atom stereocenters. The van der Waals surface area contributed by atoms with E-state index in [4.69, 9.17) is 9.47 Å². The van der Waals surface area contributed by atoms with Gasteiger partial charge in [-0.3, -0.25) is 4.79 Å². The molecule has 0 atom stereocenters. The minimum Gasteiger partial charge on any atom is -0.493 e. The second-order valence-corrected chi connectivity index (χ2v) is 8.03. The molecule has 1 aromatic heterocycles. The number of methoxy groups -OCH3 is 2. The molecular formula is C24H24FN3O3. The summed E-state index contributed by atoms with van der Waals surface area (Å²) >= 11 is 0. The second-order valence-electron chi connectivity index (χ2n) is 8.03. The lowest BCUT2D eigenvalue weighted by Crippen LogP contribution is -2.33. The molecule has 7 heteroatoms. The quantitative estimate of drug-likeness (QED) is 0.523. The number of rotatable bonds is 5. The molecule has 5 rings (SSSR count). The predicted molar refractivity (Wildman–Crippen MR) is 115 cm³/mol. The monoisotopic (exact) mass is 421 g/mol. The van der Waals surface area contributed by atoms with Crippen LogP contribution in [0.25, 0.3) is 16.9 Å². The Hall–Kier alpha value is -3.35. The number of fused-ring (bicyclic) bond motifs is 3. The first-order valence-electron chi connectivity index (χ1n) is 10.5. The van der Waals surface area contributed by atoms with Gasteiger partial charge in [-0.05, 0) is 42.7 Å². The highest BCUT2D eigenvalue weighted by atomic mass is 19.1. The number of nitrogens with one attached hydrogen (secondary N) is 1. The predicted octanol–water partition coefficient (Wildman–Crippen LogP) is 4.27. The molecule has 1 amide bonds. The van der Waals surface area contributed by atoms with Gasteiger partial charge in [0.15, 0.2) is 17.2 Å². The van der Waals surface area contributed by atoms with Gasteiger partial charge in [-0.15, -0.1) is 0 Å². The summed E-state index contributed by atoms with van der Waals surface area (Å²) in [6.07, 6.45) is 4.73. The van der Waals surface area contributed by atoms with Gasteiger partial charge in [0, 0.05) is 23.6 Å². The third-order valence-electron chi connectivity index (χ3n) is 6.20. The van der Waals surface area contributed by atoms with Crippen molar-refractivity contribution in [2.24, 2.45) is 0 Å². The number of aromatic nitrogens is 2. The lowest BCUT2D eigenvalue weighted by molar-refractivity contribution is 0.0931. The van der Waals surface area contributed by atoms with Crippen LogP contribution in [0.1, 0.15) is 47.3 Å². The standard InChI is InChI=1S/C24H24FN3O3/c1-30-20-12-14-11-17-22(24(29)26-15-7-3-4-8-15)27-28(19-10-6-5-9-18(19)25)23(17)16(14)13-21(20)31-2/h5-6,9-10,12-13,15H,3-4,7-8,11H2,1-2H3,(H,26,29). The number of ether oxygens (including phenoxy) is 2. The Morgan fingerprint density at radius 2 is 1.84 bits per heavy atom. The average Bonchev–Trinajstić information content (AvgIpc) is 3.49. The minimum atomic E-state index is -0.399. The third kappa shape index (κ3) is 3.24. The Balaban J connectivity index is 1.67. The molecule has 1 heterocycles. The van der Waals surface area contributed by atoms with Crippen molar-refractivity contribution in [2.45, 2.75) is 38.1 Å². The molecule has 6 nitrogen and oxygen atoms in total. The van der Waals surface area contributed by atoms with Gasteiger partial charge in [0.05, 0.1) is 19.9 Å². The number of benzene rings is 2. The van der Waals surface area contributed by atoms with Gasteiger partial charge in [0.25, 0.3) is 5.91 Å². The lowest BCUT2D eigenvalue weighted by Gasteiger charge is -2.13. The molecule has 0 spiro atoms. The fraction of sp³-hybridized carbons (Fsp3) is 0.333. The number of carbonyl (C=O) groups excluding carboxylic acids is 1. The summed E-state index contributed by atoms with van der Waals surface area (Å²) in [5, 5.41) is 7.71. The maximum absolute atomic E-state index is 14.7. The van der Waals surface area contributed by atoms with Crippen molar-refractivity contribution in [3.05, 3.63) is 59.0 Å². The maximum atomic E-state index is 14.7. The highest BCUT2D eigenvalue weighted by molar-refractivity contribution is 5.97. The van der Waals surface area contributed by atoms with Crippen molar-refractivity contribution in [1.29, 1.82) is 0 Å². The van der Waals surface area contributed by atoms with E-state index in [0.717, 1.165) is 48.1 Å². The molecule has 160 valence electrons. The first-order chi connectivity index (χ1) is 15.1. The number of amides is 1. The second kappa shape index (κ2) is 7.72. The van der Waals surface area contributed by atoms with Crippen LogP contribution in [0, 0.1) is 5.82 Å². The van der Waals surface area contributed by atoms with Crippen molar-refractivity contribution in [3.8, 4) is 28.4 Å². The lowest BCUT2D eigenvalue weighted by atomic mass is 10.1. The number of para-hydroxylation sites is 1. The van der Waals surface area contributed by atoms with Gasteiger partial charge < -0.3 is 14.8 Å². The minimum absolute atomic E-state index is 0.172. The van der Waals surface area contributed by atoms with E-state index < -0.39 is 5.82 Å². The van der Waals surface area contributed by atoms with Crippen LogP contribution in [0.5, 0.6) is 11.5 Å². The van der Waals surface area contributed by atoms with Crippen LogP contribution in [-0.2, 0) is 6.42 Å². The number of hydrogen-bond acceptors (Lipinski definition) is 4. The summed E-state index contributed by atoms with van der Waals surface area (Å²) < 4.78 is 27.2. The molecular weight excluding hydrogens is 397 g/mol. The largest absolute Gasteiger partial charge is 0.493 e. The summed E-state index contributed by atoms with van der Waals surface area (Å²) in [4.78, 5) is 13.2. The van der Waals surface area contributed by atoms with Gasteiger partial charge in [-0.2, -0.15) is 5.10 Å². The van der Waals surface area contributed by atoms with Crippen LogP contribution in [0.4, 0.5) is 4.39 Å². The average molecular weight is 421 g/mol. The van der Waals surface area contributed by atoms with E-state index in [1.54, 1.807) is 37.1 Å². The number of halogens is 1. The molecule has 0 aliphatic heterocycles. The van der Waals surface area contributed by atoms with Crippen LogP contribution in [0.2, 0.25) is 0 Å². The molecule has 0 saturated heterocycles. The molecule has 2 aliphatic rings. The molecule has 2 aromatic carbocycles. The van der Waals surface area contributed by atoms with Crippen molar-refractivity contribution < 1.29 is 18.7 Å². The normalized spacial score (nSPS) is 14.9. The van der Waals surface area contributed by atoms with Crippen LogP contribution in [0.3, 0.4) is 0 Å². The van der Waals surface area contributed by atoms with Gasteiger partial charge in [-0.1, -0.05) is 25.0 Å². The van der Waals surface area contributed by atoms with Crippen LogP contribution >= 0.6 is 0 Å². The fourth-order valence-corrected chi connectivity index (χ4v) is 4.68. The van der Waals surface area contributed by atoms with E-state index in [-0.39, 0.29) is 11.9 Å². The zero-order chi connectivity index (χ0) is 21.5. The first-order valence-corrected chi connectivity index (χ1v) is 10.5. The zero-order valence-electron chi connectivity index (χ0n) is 17.6.